The van der Waals surface area contributed by atoms with Crippen molar-refractivity contribution in [2.24, 2.45) is 5.10 Å². The van der Waals surface area contributed by atoms with E-state index in [9.17, 15) is 19.7 Å². The fourth-order valence-corrected chi connectivity index (χ4v) is 3.55. The summed E-state index contributed by atoms with van der Waals surface area (Å²) in [6, 6.07) is 17.8. The minimum Gasteiger partial charge on any atom is -0.493 e. The molecule has 0 heterocycles. The van der Waals surface area contributed by atoms with Gasteiger partial charge in [0.25, 0.3) is 17.5 Å². The number of carbonyl (C=O) groups excluding carboxylic acids is 2. The van der Waals surface area contributed by atoms with E-state index in [0.717, 1.165) is 11.8 Å². The molecule has 3 rings (SSSR count). The minimum absolute atomic E-state index is 0.0918. The SMILES string of the molecule is COc1cc(C=NNC(=O)C(C)NC(=O)c2ccccc2Br)c([N+](=O)[O-])cc1OCc1ccccc1. The van der Waals surface area contributed by atoms with Crippen LogP contribution >= 0.6 is 15.9 Å². The Morgan fingerprint density at radius 3 is 2.47 bits per heavy atom. The number of nitrogens with zero attached hydrogens (tertiary/aromatic N) is 2. The van der Waals surface area contributed by atoms with Crippen molar-refractivity contribution in [1.82, 2.24) is 10.7 Å². The van der Waals surface area contributed by atoms with Crippen molar-refractivity contribution >= 4 is 39.6 Å². The third-order valence-corrected chi connectivity index (χ3v) is 5.68. The Kier molecular flexibility index (Phi) is 9.12. The van der Waals surface area contributed by atoms with Crippen LogP contribution in [0.4, 0.5) is 5.69 Å². The summed E-state index contributed by atoms with van der Waals surface area (Å²) in [5.74, 6) is -0.597. The zero-order chi connectivity index (χ0) is 26.1. The van der Waals surface area contributed by atoms with Gasteiger partial charge in [-0.15, -0.1) is 0 Å². The maximum Gasteiger partial charge on any atom is 0.282 e. The average Bonchev–Trinajstić information content (AvgIpc) is 2.88. The molecule has 0 bridgehead atoms. The van der Waals surface area contributed by atoms with E-state index >= 15 is 0 Å². The zero-order valence-electron chi connectivity index (χ0n) is 19.4. The molecule has 0 aliphatic heterocycles. The molecule has 186 valence electrons. The summed E-state index contributed by atoms with van der Waals surface area (Å²) >= 11 is 3.29. The Bertz CT molecular complexity index is 1280. The van der Waals surface area contributed by atoms with Gasteiger partial charge in [0.15, 0.2) is 11.5 Å². The Balaban J connectivity index is 1.69. The van der Waals surface area contributed by atoms with Crippen molar-refractivity contribution in [1.29, 1.82) is 0 Å². The van der Waals surface area contributed by atoms with Crippen LogP contribution in [-0.4, -0.2) is 36.1 Å². The number of nitro groups is 1. The lowest BCUT2D eigenvalue weighted by Gasteiger charge is -2.13. The van der Waals surface area contributed by atoms with E-state index in [0.29, 0.717) is 10.0 Å². The highest BCUT2D eigenvalue weighted by molar-refractivity contribution is 9.10. The lowest BCUT2D eigenvalue weighted by molar-refractivity contribution is -0.385. The van der Waals surface area contributed by atoms with Crippen molar-refractivity contribution in [2.45, 2.75) is 19.6 Å². The third-order valence-electron chi connectivity index (χ3n) is 4.98. The summed E-state index contributed by atoms with van der Waals surface area (Å²) in [6.07, 6.45) is 1.13. The fourth-order valence-electron chi connectivity index (χ4n) is 3.08. The normalized spacial score (nSPS) is 11.5. The molecule has 0 aromatic heterocycles. The van der Waals surface area contributed by atoms with E-state index in [1.165, 1.54) is 26.2 Å². The first-order valence-corrected chi connectivity index (χ1v) is 11.5. The van der Waals surface area contributed by atoms with Crippen LogP contribution in [0.15, 0.2) is 76.3 Å². The minimum atomic E-state index is -0.917. The maximum absolute atomic E-state index is 12.4. The smallest absolute Gasteiger partial charge is 0.282 e. The predicted molar refractivity (Wildman–Crippen MR) is 137 cm³/mol. The molecule has 1 unspecified atom stereocenters. The fraction of sp³-hybridized carbons (Fsp3) is 0.160. The number of methoxy groups -OCH3 is 1. The summed E-state index contributed by atoms with van der Waals surface area (Å²) in [5.41, 5.74) is 3.34. The van der Waals surface area contributed by atoms with Crippen molar-refractivity contribution < 1.29 is 24.0 Å². The topological polar surface area (TPSA) is 132 Å². The van der Waals surface area contributed by atoms with Crippen molar-refractivity contribution in [3.05, 3.63) is 98.0 Å². The van der Waals surface area contributed by atoms with E-state index in [4.69, 9.17) is 9.47 Å². The van der Waals surface area contributed by atoms with E-state index in [2.05, 4.69) is 31.8 Å². The Labute approximate surface area is 215 Å². The number of benzene rings is 3. The summed E-state index contributed by atoms with van der Waals surface area (Å²) in [7, 11) is 1.41. The van der Waals surface area contributed by atoms with Crippen LogP contribution < -0.4 is 20.2 Å². The number of halogens is 1. The molecule has 1 atom stereocenters. The zero-order valence-corrected chi connectivity index (χ0v) is 21.0. The number of hydrogen-bond acceptors (Lipinski definition) is 7. The highest BCUT2D eigenvalue weighted by Gasteiger charge is 2.20. The second-order valence-electron chi connectivity index (χ2n) is 7.50. The molecular formula is C25H23BrN4O6. The molecule has 2 amide bonds. The van der Waals surface area contributed by atoms with Crippen LogP contribution in [0, 0.1) is 10.1 Å². The van der Waals surface area contributed by atoms with Gasteiger partial charge in [0.1, 0.15) is 12.6 Å². The van der Waals surface area contributed by atoms with Gasteiger partial charge in [-0.1, -0.05) is 42.5 Å². The van der Waals surface area contributed by atoms with Gasteiger partial charge in [-0.25, -0.2) is 5.43 Å². The number of nitrogens with one attached hydrogen (secondary N) is 2. The van der Waals surface area contributed by atoms with Crippen LogP contribution in [0.2, 0.25) is 0 Å². The largest absolute Gasteiger partial charge is 0.493 e. The van der Waals surface area contributed by atoms with Crippen molar-refractivity contribution in [3.63, 3.8) is 0 Å². The van der Waals surface area contributed by atoms with Gasteiger partial charge >= 0.3 is 0 Å². The monoisotopic (exact) mass is 554 g/mol. The van der Waals surface area contributed by atoms with Gasteiger partial charge in [0.2, 0.25) is 0 Å². The second-order valence-corrected chi connectivity index (χ2v) is 8.36. The van der Waals surface area contributed by atoms with Gasteiger partial charge < -0.3 is 14.8 Å². The molecule has 0 aliphatic rings. The molecule has 0 radical (unpaired) electrons. The standard InChI is InChI=1S/C25H23BrN4O6/c1-16(28-25(32)19-10-6-7-11-20(19)26)24(31)29-27-14-18-12-22(35-2)23(13-21(18)30(33)34)36-15-17-8-4-3-5-9-17/h3-14,16H,15H2,1-2H3,(H,28,32)(H,29,31). The van der Waals surface area contributed by atoms with Crippen LogP contribution in [0.3, 0.4) is 0 Å². The molecule has 3 aromatic rings. The third kappa shape index (κ3) is 6.89. The predicted octanol–water partition coefficient (Wildman–Crippen LogP) is 4.21. The Morgan fingerprint density at radius 2 is 1.81 bits per heavy atom. The molecule has 0 aliphatic carbocycles. The van der Waals surface area contributed by atoms with E-state index in [-0.39, 0.29) is 29.4 Å². The van der Waals surface area contributed by atoms with Crippen LogP contribution in [0.25, 0.3) is 0 Å². The second kappa shape index (κ2) is 12.5. The van der Waals surface area contributed by atoms with Crippen molar-refractivity contribution in [2.75, 3.05) is 7.11 Å². The lowest BCUT2D eigenvalue weighted by atomic mass is 10.1. The first-order valence-electron chi connectivity index (χ1n) is 10.7. The number of rotatable bonds is 10. The first kappa shape index (κ1) is 26.4. The van der Waals surface area contributed by atoms with E-state index in [1.807, 2.05) is 30.3 Å². The van der Waals surface area contributed by atoms with Crippen molar-refractivity contribution in [3.8, 4) is 11.5 Å². The highest BCUT2D eigenvalue weighted by Crippen LogP contribution is 2.34. The molecule has 0 saturated carbocycles. The van der Waals surface area contributed by atoms with Gasteiger partial charge in [-0.05, 0) is 46.6 Å². The Hall–Kier alpha value is -4.25. The van der Waals surface area contributed by atoms with E-state index < -0.39 is 22.8 Å². The van der Waals surface area contributed by atoms with Gasteiger partial charge in [-0.3, -0.25) is 19.7 Å². The molecule has 10 nitrogen and oxygen atoms in total. The summed E-state index contributed by atoms with van der Waals surface area (Å²) in [4.78, 5) is 35.8. The molecule has 0 spiro atoms. The Morgan fingerprint density at radius 1 is 1.11 bits per heavy atom. The van der Waals surface area contributed by atoms with Crippen LogP contribution in [-0.2, 0) is 11.4 Å². The molecule has 11 heteroatoms. The number of amides is 2. The maximum atomic E-state index is 12.4. The summed E-state index contributed by atoms with van der Waals surface area (Å²) in [5, 5.41) is 18.0. The number of hydrogen-bond donors (Lipinski definition) is 2. The average molecular weight is 555 g/mol. The molecule has 36 heavy (non-hydrogen) atoms. The number of carbonyl (C=O) groups is 2. The van der Waals surface area contributed by atoms with Crippen LogP contribution in [0.5, 0.6) is 11.5 Å². The highest BCUT2D eigenvalue weighted by atomic mass is 79.9. The summed E-state index contributed by atoms with van der Waals surface area (Å²) < 4.78 is 11.6. The quantitative estimate of drug-likeness (QED) is 0.219. The van der Waals surface area contributed by atoms with E-state index in [1.54, 1.807) is 24.3 Å². The molecule has 2 N–H and O–H groups in total. The molecule has 0 saturated heterocycles. The first-order chi connectivity index (χ1) is 17.3. The number of ether oxygens (including phenoxy) is 2. The lowest BCUT2D eigenvalue weighted by Crippen LogP contribution is -2.43. The van der Waals surface area contributed by atoms with Gasteiger partial charge in [0.05, 0.1) is 35.4 Å². The van der Waals surface area contributed by atoms with Crippen LogP contribution in [0.1, 0.15) is 28.4 Å². The number of hydrazone groups is 1. The summed E-state index contributed by atoms with van der Waals surface area (Å²) in [6.45, 7) is 1.69. The van der Waals surface area contributed by atoms with Gasteiger partial charge in [-0.2, -0.15) is 5.10 Å². The molecular weight excluding hydrogens is 532 g/mol. The van der Waals surface area contributed by atoms with Gasteiger partial charge in [0, 0.05) is 4.47 Å². The molecule has 0 fully saturated rings. The molecule has 3 aromatic carbocycles. The number of nitro benzene ring substituents is 1.